The molecule has 0 aromatic rings. The van der Waals surface area contributed by atoms with Crippen LogP contribution in [0.3, 0.4) is 0 Å². The van der Waals surface area contributed by atoms with Crippen LogP contribution in [0.4, 0.5) is 0 Å². The Hall–Kier alpha value is -1.10. The van der Waals surface area contributed by atoms with E-state index in [1.807, 2.05) is 6.92 Å². The van der Waals surface area contributed by atoms with Crippen LogP contribution in [0.1, 0.15) is 26.2 Å². The lowest BCUT2D eigenvalue weighted by molar-refractivity contribution is -0.145. The monoisotopic (exact) mass is 253 g/mol. The van der Waals surface area contributed by atoms with Crippen LogP contribution in [0, 0.1) is 5.41 Å². The van der Waals surface area contributed by atoms with Gasteiger partial charge in [-0.3, -0.25) is 9.59 Å². The third kappa shape index (κ3) is 2.66. The molecule has 5 heteroatoms. The molecule has 0 aliphatic carbocycles. The molecule has 102 valence electrons. The Morgan fingerprint density at radius 1 is 1.33 bits per heavy atom. The van der Waals surface area contributed by atoms with Crippen molar-refractivity contribution in [3.05, 3.63) is 0 Å². The van der Waals surface area contributed by atoms with Crippen LogP contribution in [0.15, 0.2) is 0 Å². The standard InChI is InChI=1S/C13H23N3O2/c1-13(5-3-6-14-10-13)12(18)16-8-4-7-15(2)11(17)9-16/h14H,3-10H2,1-2H3. The van der Waals surface area contributed by atoms with Crippen LogP contribution in [0.2, 0.25) is 0 Å². The summed E-state index contributed by atoms with van der Waals surface area (Å²) in [6.45, 7) is 5.42. The van der Waals surface area contributed by atoms with Crippen molar-refractivity contribution in [3.8, 4) is 0 Å². The van der Waals surface area contributed by atoms with E-state index < -0.39 is 0 Å². The summed E-state index contributed by atoms with van der Waals surface area (Å²) in [5, 5.41) is 3.29. The van der Waals surface area contributed by atoms with Crippen LogP contribution in [-0.2, 0) is 9.59 Å². The molecule has 2 amide bonds. The van der Waals surface area contributed by atoms with Crippen molar-refractivity contribution in [3.63, 3.8) is 0 Å². The topological polar surface area (TPSA) is 52.6 Å². The van der Waals surface area contributed by atoms with Gasteiger partial charge in [0.1, 0.15) is 0 Å². The number of carbonyl (C=O) groups is 2. The molecular weight excluding hydrogens is 230 g/mol. The molecule has 18 heavy (non-hydrogen) atoms. The molecule has 0 aromatic carbocycles. The maximum Gasteiger partial charge on any atom is 0.241 e. The van der Waals surface area contributed by atoms with Gasteiger partial charge in [0, 0.05) is 26.7 Å². The maximum absolute atomic E-state index is 12.6. The fraction of sp³-hybridized carbons (Fsp3) is 0.846. The van der Waals surface area contributed by atoms with Crippen molar-refractivity contribution in [2.45, 2.75) is 26.2 Å². The van der Waals surface area contributed by atoms with Gasteiger partial charge in [0.2, 0.25) is 11.8 Å². The number of rotatable bonds is 1. The molecule has 2 fully saturated rings. The lowest BCUT2D eigenvalue weighted by atomic mass is 9.81. The van der Waals surface area contributed by atoms with E-state index in [-0.39, 0.29) is 23.8 Å². The summed E-state index contributed by atoms with van der Waals surface area (Å²) in [5.74, 6) is 0.187. The first-order chi connectivity index (χ1) is 8.53. The van der Waals surface area contributed by atoms with E-state index in [9.17, 15) is 9.59 Å². The Kier molecular flexibility index (Phi) is 3.90. The van der Waals surface area contributed by atoms with E-state index in [1.165, 1.54) is 0 Å². The van der Waals surface area contributed by atoms with Gasteiger partial charge >= 0.3 is 0 Å². The van der Waals surface area contributed by atoms with E-state index >= 15 is 0 Å². The number of piperidine rings is 1. The highest BCUT2D eigenvalue weighted by Gasteiger charge is 2.38. The summed E-state index contributed by atoms with van der Waals surface area (Å²) in [6.07, 6.45) is 2.82. The summed E-state index contributed by atoms with van der Waals surface area (Å²) in [5.41, 5.74) is -0.332. The fourth-order valence-corrected chi connectivity index (χ4v) is 2.78. The van der Waals surface area contributed by atoms with Crippen molar-refractivity contribution in [2.75, 3.05) is 39.8 Å². The van der Waals surface area contributed by atoms with E-state index in [4.69, 9.17) is 0 Å². The smallest absolute Gasteiger partial charge is 0.241 e. The summed E-state index contributed by atoms with van der Waals surface area (Å²) < 4.78 is 0. The van der Waals surface area contributed by atoms with Gasteiger partial charge < -0.3 is 15.1 Å². The van der Waals surface area contributed by atoms with Gasteiger partial charge in [0.05, 0.1) is 12.0 Å². The Morgan fingerprint density at radius 2 is 2.11 bits per heavy atom. The predicted molar refractivity (Wildman–Crippen MR) is 69.0 cm³/mol. The number of amides is 2. The van der Waals surface area contributed by atoms with Crippen molar-refractivity contribution in [2.24, 2.45) is 5.41 Å². The number of likely N-dealkylation sites (N-methyl/N-ethyl adjacent to an activating group) is 1. The Labute approximate surface area is 108 Å². The van der Waals surface area contributed by atoms with E-state index in [1.54, 1.807) is 16.8 Å². The second kappa shape index (κ2) is 5.26. The molecule has 0 saturated carbocycles. The average Bonchev–Trinajstić information content (AvgIpc) is 2.52. The number of carbonyl (C=O) groups excluding carboxylic acids is 2. The molecule has 1 N–H and O–H groups in total. The zero-order valence-electron chi connectivity index (χ0n) is 11.4. The summed E-state index contributed by atoms with van der Waals surface area (Å²) >= 11 is 0. The quantitative estimate of drug-likeness (QED) is 0.719. The molecule has 0 radical (unpaired) electrons. The van der Waals surface area contributed by atoms with E-state index in [2.05, 4.69) is 5.32 Å². The van der Waals surface area contributed by atoms with Gasteiger partial charge in [0.15, 0.2) is 0 Å². The van der Waals surface area contributed by atoms with E-state index in [0.29, 0.717) is 6.54 Å². The van der Waals surface area contributed by atoms with Crippen LogP contribution in [0.25, 0.3) is 0 Å². The minimum atomic E-state index is -0.332. The molecule has 0 bridgehead atoms. The second-order valence-electron chi connectivity index (χ2n) is 5.74. The largest absolute Gasteiger partial charge is 0.344 e. The molecule has 0 aromatic heterocycles. The summed E-state index contributed by atoms with van der Waals surface area (Å²) in [4.78, 5) is 27.9. The van der Waals surface area contributed by atoms with E-state index in [0.717, 1.165) is 38.9 Å². The molecule has 2 saturated heterocycles. The van der Waals surface area contributed by atoms with Crippen LogP contribution in [0.5, 0.6) is 0 Å². The molecule has 2 aliphatic rings. The van der Waals surface area contributed by atoms with Crippen molar-refractivity contribution >= 4 is 11.8 Å². The Balaban J connectivity index is 2.05. The predicted octanol–water partition coefficient (Wildman–Crippen LogP) is 0.0668. The van der Waals surface area contributed by atoms with Crippen LogP contribution >= 0.6 is 0 Å². The molecule has 5 nitrogen and oxygen atoms in total. The first-order valence-electron chi connectivity index (χ1n) is 6.77. The van der Waals surface area contributed by atoms with Crippen molar-refractivity contribution in [1.82, 2.24) is 15.1 Å². The Morgan fingerprint density at radius 3 is 2.78 bits per heavy atom. The third-order valence-corrected chi connectivity index (χ3v) is 4.07. The lowest BCUT2D eigenvalue weighted by Gasteiger charge is -2.36. The second-order valence-corrected chi connectivity index (χ2v) is 5.74. The molecule has 2 aliphatic heterocycles. The number of nitrogens with one attached hydrogen (secondary N) is 1. The zero-order chi connectivity index (χ0) is 13.2. The maximum atomic E-state index is 12.6. The SMILES string of the molecule is CN1CCCN(C(=O)C2(C)CCCNC2)CC1=O. The van der Waals surface area contributed by atoms with Gasteiger partial charge in [-0.05, 0) is 32.7 Å². The number of nitrogens with zero attached hydrogens (tertiary/aromatic N) is 2. The van der Waals surface area contributed by atoms with Gasteiger partial charge in [-0.25, -0.2) is 0 Å². The zero-order valence-corrected chi connectivity index (χ0v) is 11.4. The van der Waals surface area contributed by atoms with Crippen LogP contribution < -0.4 is 5.32 Å². The minimum Gasteiger partial charge on any atom is -0.344 e. The molecule has 0 spiro atoms. The molecular formula is C13H23N3O2. The van der Waals surface area contributed by atoms with Crippen molar-refractivity contribution < 1.29 is 9.59 Å². The number of hydrogen-bond donors (Lipinski definition) is 1. The van der Waals surface area contributed by atoms with Crippen molar-refractivity contribution in [1.29, 1.82) is 0 Å². The third-order valence-electron chi connectivity index (χ3n) is 4.07. The fourth-order valence-electron chi connectivity index (χ4n) is 2.78. The Bertz CT molecular complexity index is 337. The van der Waals surface area contributed by atoms with Gasteiger partial charge in [0.25, 0.3) is 0 Å². The summed E-state index contributed by atoms with van der Waals surface area (Å²) in [6, 6.07) is 0. The highest BCUT2D eigenvalue weighted by atomic mass is 16.2. The normalized spacial score (nSPS) is 30.2. The molecule has 2 rings (SSSR count). The minimum absolute atomic E-state index is 0.0493. The lowest BCUT2D eigenvalue weighted by Crippen LogP contribution is -2.51. The highest BCUT2D eigenvalue weighted by Crippen LogP contribution is 2.28. The van der Waals surface area contributed by atoms with Gasteiger partial charge in [-0.1, -0.05) is 0 Å². The molecule has 1 atom stereocenters. The molecule has 2 heterocycles. The van der Waals surface area contributed by atoms with Gasteiger partial charge in [-0.2, -0.15) is 0 Å². The first-order valence-corrected chi connectivity index (χ1v) is 6.77. The van der Waals surface area contributed by atoms with Gasteiger partial charge in [-0.15, -0.1) is 0 Å². The highest BCUT2D eigenvalue weighted by molar-refractivity contribution is 5.88. The number of hydrogen-bond acceptors (Lipinski definition) is 3. The first kappa shape index (κ1) is 13.3. The molecule has 1 unspecified atom stereocenters. The van der Waals surface area contributed by atoms with Crippen LogP contribution in [-0.4, -0.2) is 61.4 Å². The summed E-state index contributed by atoms with van der Waals surface area (Å²) in [7, 11) is 1.81. The average molecular weight is 253 g/mol.